The van der Waals surface area contributed by atoms with Gasteiger partial charge in [0.15, 0.2) is 0 Å². The maximum absolute atomic E-state index is 11.9. The molecule has 0 heterocycles. The van der Waals surface area contributed by atoms with E-state index in [0.717, 1.165) is 12.0 Å². The molecule has 1 N–H and O–H groups in total. The van der Waals surface area contributed by atoms with E-state index in [9.17, 15) is 9.59 Å². The van der Waals surface area contributed by atoms with Gasteiger partial charge in [0, 0.05) is 25.1 Å². The predicted octanol–water partition coefficient (Wildman–Crippen LogP) is 1.96. The number of carbonyl (C=O) groups excluding carboxylic acids is 2. The van der Waals surface area contributed by atoms with Crippen molar-refractivity contribution < 1.29 is 14.3 Å². The van der Waals surface area contributed by atoms with Crippen LogP contribution < -0.4 is 10.1 Å². The maximum atomic E-state index is 11.9. The van der Waals surface area contributed by atoms with Gasteiger partial charge in [-0.3, -0.25) is 9.59 Å². The van der Waals surface area contributed by atoms with E-state index < -0.39 is 0 Å². The molecular weight excluding hydrogens is 268 g/mol. The summed E-state index contributed by atoms with van der Waals surface area (Å²) < 4.78 is 5.27. The van der Waals surface area contributed by atoms with Gasteiger partial charge in [0.2, 0.25) is 11.8 Å². The maximum Gasteiger partial charge on any atom is 0.239 e. The first kappa shape index (κ1) is 17.0. The van der Waals surface area contributed by atoms with E-state index in [1.165, 1.54) is 11.8 Å². The number of rotatable bonds is 7. The molecule has 1 unspecified atom stereocenters. The smallest absolute Gasteiger partial charge is 0.239 e. The molecule has 1 rings (SSSR count). The Kier molecular flexibility index (Phi) is 6.72. The minimum absolute atomic E-state index is 0.0533. The second-order valence-corrected chi connectivity index (χ2v) is 5.06. The third-order valence-corrected chi connectivity index (χ3v) is 3.35. The van der Waals surface area contributed by atoms with Crippen LogP contribution >= 0.6 is 0 Å². The van der Waals surface area contributed by atoms with Crippen LogP contribution in [0.1, 0.15) is 32.8 Å². The molecule has 1 atom stereocenters. The van der Waals surface area contributed by atoms with Crippen molar-refractivity contribution >= 4 is 11.8 Å². The Morgan fingerprint density at radius 3 is 2.57 bits per heavy atom. The summed E-state index contributed by atoms with van der Waals surface area (Å²) in [5, 5.41) is 2.87. The topological polar surface area (TPSA) is 58.6 Å². The molecule has 0 aliphatic carbocycles. The summed E-state index contributed by atoms with van der Waals surface area (Å²) in [5.41, 5.74) is 0.881. The van der Waals surface area contributed by atoms with Crippen LogP contribution in [-0.2, 0) is 16.1 Å². The van der Waals surface area contributed by atoms with Gasteiger partial charge < -0.3 is 15.0 Å². The summed E-state index contributed by atoms with van der Waals surface area (Å²) in [6.45, 7) is 5.82. The third-order valence-electron chi connectivity index (χ3n) is 3.35. The van der Waals surface area contributed by atoms with Gasteiger partial charge in [-0.05, 0) is 19.4 Å². The molecule has 0 aromatic heterocycles. The van der Waals surface area contributed by atoms with E-state index in [1.807, 2.05) is 38.1 Å². The molecule has 0 fully saturated rings. The molecule has 0 saturated carbocycles. The van der Waals surface area contributed by atoms with E-state index in [0.29, 0.717) is 12.3 Å². The second kappa shape index (κ2) is 8.29. The average molecular weight is 292 g/mol. The lowest BCUT2D eigenvalue weighted by Crippen LogP contribution is -2.42. The molecule has 0 radical (unpaired) electrons. The zero-order valence-corrected chi connectivity index (χ0v) is 13.2. The van der Waals surface area contributed by atoms with Crippen molar-refractivity contribution in [3.63, 3.8) is 0 Å². The molecule has 5 heteroatoms. The summed E-state index contributed by atoms with van der Waals surface area (Å²) in [5.74, 6) is 0.431. The highest BCUT2D eigenvalue weighted by molar-refractivity contribution is 5.83. The number of para-hydroxylation sites is 1. The highest BCUT2D eigenvalue weighted by Gasteiger charge is 2.16. The number of nitrogens with one attached hydrogen (secondary N) is 1. The van der Waals surface area contributed by atoms with Crippen LogP contribution in [0, 0.1) is 0 Å². The van der Waals surface area contributed by atoms with Gasteiger partial charge in [-0.15, -0.1) is 0 Å². The number of hydrogen-bond donors (Lipinski definition) is 1. The van der Waals surface area contributed by atoms with Crippen LogP contribution in [0.5, 0.6) is 5.75 Å². The van der Waals surface area contributed by atoms with Crippen molar-refractivity contribution in [3.05, 3.63) is 29.8 Å². The minimum atomic E-state index is -0.144. The number of hydrogen-bond acceptors (Lipinski definition) is 3. The van der Waals surface area contributed by atoms with E-state index in [4.69, 9.17) is 4.74 Å². The molecule has 116 valence electrons. The van der Waals surface area contributed by atoms with Gasteiger partial charge in [-0.1, -0.05) is 25.1 Å². The van der Waals surface area contributed by atoms with Crippen LogP contribution in [-0.4, -0.2) is 36.4 Å². The highest BCUT2D eigenvalue weighted by atomic mass is 16.5. The van der Waals surface area contributed by atoms with Crippen LogP contribution in [0.3, 0.4) is 0 Å². The van der Waals surface area contributed by atoms with Gasteiger partial charge in [0.1, 0.15) is 5.75 Å². The van der Waals surface area contributed by atoms with Gasteiger partial charge in [-0.25, -0.2) is 0 Å². The largest absolute Gasteiger partial charge is 0.496 e. The molecule has 5 nitrogen and oxygen atoms in total. The van der Waals surface area contributed by atoms with Crippen molar-refractivity contribution in [3.8, 4) is 5.75 Å². The van der Waals surface area contributed by atoms with E-state index >= 15 is 0 Å². The lowest BCUT2D eigenvalue weighted by atomic mass is 10.2. The molecular formula is C16H24N2O3. The fourth-order valence-corrected chi connectivity index (χ4v) is 1.91. The quantitative estimate of drug-likeness (QED) is 0.835. The molecule has 0 aliphatic heterocycles. The first-order valence-electron chi connectivity index (χ1n) is 7.14. The molecule has 0 saturated heterocycles. The summed E-state index contributed by atoms with van der Waals surface area (Å²) in [6.07, 6.45) is 0.859. The average Bonchev–Trinajstić information content (AvgIpc) is 2.46. The van der Waals surface area contributed by atoms with Crippen molar-refractivity contribution in [1.29, 1.82) is 0 Å². The van der Waals surface area contributed by atoms with E-state index in [1.54, 1.807) is 7.11 Å². The molecule has 1 aromatic rings. The fourth-order valence-electron chi connectivity index (χ4n) is 1.91. The van der Waals surface area contributed by atoms with Crippen LogP contribution in [0.4, 0.5) is 0 Å². The number of benzene rings is 1. The Bertz CT molecular complexity index is 488. The number of amides is 2. The Labute approximate surface area is 126 Å². The summed E-state index contributed by atoms with van der Waals surface area (Å²) in [7, 11) is 1.59. The Morgan fingerprint density at radius 1 is 1.33 bits per heavy atom. The van der Waals surface area contributed by atoms with Gasteiger partial charge in [0.25, 0.3) is 0 Å². The van der Waals surface area contributed by atoms with Crippen LogP contribution in [0.15, 0.2) is 24.3 Å². The molecule has 21 heavy (non-hydrogen) atoms. The molecule has 0 aliphatic rings. The van der Waals surface area contributed by atoms with E-state index in [-0.39, 0.29) is 24.4 Å². The third kappa shape index (κ3) is 5.45. The normalized spacial score (nSPS) is 11.6. The zero-order chi connectivity index (χ0) is 15.8. The van der Waals surface area contributed by atoms with Crippen molar-refractivity contribution in [2.75, 3.05) is 13.7 Å². The molecule has 2 amide bonds. The van der Waals surface area contributed by atoms with Crippen molar-refractivity contribution in [2.24, 2.45) is 0 Å². The van der Waals surface area contributed by atoms with Crippen LogP contribution in [0.25, 0.3) is 0 Å². The van der Waals surface area contributed by atoms with Gasteiger partial charge >= 0.3 is 0 Å². The second-order valence-electron chi connectivity index (χ2n) is 5.06. The fraction of sp³-hybridized carbons (Fsp3) is 0.500. The minimum Gasteiger partial charge on any atom is -0.496 e. The molecule has 0 bridgehead atoms. The molecule has 1 aromatic carbocycles. The summed E-state index contributed by atoms with van der Waals surface area (Å²) in [4.78, 5) is 25.2. The lowest BCUT2D eigenvalue weighted by molar-refractivity contribution is -0.135. The van der Waals surface area contributed by atoms with Gasteiger partial charge in [0.05, 0.1) is 13.7 Å². The highest BCUT2D eigenvalue weighted by Crippen LogP contribution is 2.19. The number of methoxy groups -OCH3 is 1. The SMILES string of the molecule is CCC(C)NC(=O)CN(Cc1ccccc1OC)C(C)=O. The predicted molar refractivity (Wildman–Crippen MR) is 82.0 cm³/mol. The van der Waals surface area contributed by atoms with Gasteiger partial charge in [-0.2, -0.15) is 0 Å². The number of nitrogens with zero attached hydrogens (tertiary/aromatic N) is 1. The van der Waals surface area contributed by atoms with Crippen molar-refractivity contribution in [2.45, 2.75) is 39.8 Å². The van der Waals surface area contributed by atoms with Crippen LogP contribution in [0.2, 0.25) is 0 Å². The van der Waals surface area contributed by atoms with Crippen molar-refractivity contribution in [1.82, 2.24) is 10.2 Å². The first-order valence-corrected chi connectivity index (χ1v) is 7.14. The zero-order valence-electron chi connectivity index (χ0n) is 13.2. The first-order chi connectivity index (χ1) is 9.97. The monoisotopic (exact) mass is 292 g/mol. The molecule has 0 spiro atoms. The lowest BCUT2D eigenvalue weighted by Gasteiger charge is -2.22. The summed E-state index contributed by atoms with van der Waals surface area (Å²) in [6, 6.07) is 7.59. The Hall–Kier alpha value is -2.04. The van der Waals surface area contributed by atoms with E-state index in [2.05, 4.69) is 5.32 Å². The number of ether oxygens (including phenoxy) is 1. The summed E-state index contributed by atoms with van der Waals surface area (Å²) >= 11 is 0. The Balaban J connectivity index is 2.74. The Morgan fingerprint density at radius 2 is 2.00 bits per heavy atom. The standard InChI is InChI=1S/C16H24N2O3/c1-5-12(2)17-16(20)11-18(13(3)19)10-14-8-6-7-9-15(14)21-4/h6-9,12H,5,10-11H2,1-4H3,(H,17,20). The number of carbonyl (C=O) groups is 2.